The summed E-state index contributed by atoms with van der Waals surface area (Å²) >= 11 is 0. The van der Waals surface area contributed by atoms with Crippen molar-refractivity contribution in [3.63, 3.8) is 0 Å². The van der Waals surface area contributed by atoms with Crippen LogP contribution in [0.1, 0.15) is 29.5 Å². The zero-order valence-electron chi connectivity index (χ0n) is 10.1. The van der Waals surface area contributed by atoms with Crippen molar-refractivity contribution < 1.29 is 18.3 Å². The number of aromatic nitrogens is 2. The number of aromatic amines is 1. The molecule has 3 N–H and O–H groups in total. The van der Waals surface area contributed by atoms with Crippen molar-refractivity contribution >= 4 is 16.0 Å². The summed E-state index contributed by atoms with van der Waals surface area (Å²) in [6.45, 7) is 6.62. The Kier molecular flexibility index (Phi) is 4.25. The van der Waals surface area contributed by atoms with Crippen molar-refractivity contribution in [1.82, 2.24) is 14.9 Å². The van der Waals surface area contributed by atoms with Crippen molar-refractivity contribution in [2.24, 2.45) is 0 Å². The summed E-state index contributed by atoms with van der Waals surface area (Å²) in [5.74, 6) is -1.39. The second kappa shape index (κ2) is 5.32. The number of rotatable bonds is 6. The lowest BCUT2D eigenvalue weighted by Crippen LogP contribution is -2.33. The molecule has 0 saturated carbocycles. The Morgan fingerprint density at radius 1 is 1.67 bits per heavy atom. The van der Waals surface area contributed by atoms with Gasteiger partial charge >= 0.3 is 5.97 Å². The Hall–Kier alpha value is -1.67. The van der Waals surface area contributed by atoms with Gasteiger partial charge in [-0.25, -0.2) is 17.9 Å². The molecule has 1 rings (SSSR count). The molecule has 1 aromatic heterocycles. The number of hydrogen-bond acceptors (Lipinski definition) is 4. The highest BCUT2D eigenvalue weighted by Gasteiger charge is 2.28. The fourth-order valence-electron chi connectivity index (χ4n) is 1.51. The van der Waals surface area contributed by atoms with Crippen LogP contribution in [-0.2, 0) is 10.0 Å². The molecule has 0 fully saturated rings. The number of hydrogen-bond donors (Lipinski definition) is 3. The van der Waals surface area contributed by atoms with E-state index in [4.69, 9.17) is 5.11 Å². The number of carbonyl (C=O) groups is 1. The number of aromatic carboxylic acids is 1. The van der Waals surface area contributed by atoms with E-state index in [2.05, 4.69) is 21.5 Å². The van der Waals surface area contributed by atoms with Crippen molar-refractivity contribution in [1.29, 1.82) is 0 Å². The van der Waals surface area contributed by atoms with Gasteiger partial charge in [-0.05, 0) is 20.3 Å². The molecule has 18 heavy (non-hydrogen) atoms. The van der Waals surface area contributed by atoms with Gasteiger partial charge in [0.2, 0.25) is 10.0 Å². The molecule has 0 aliphatic heterocycles. The number of H-pyrrole nitrogens is 1. The third-order valence-electron chi connectivity index (χ3n) is 2.24. The molecular formula is C10H15N3O4S. The molecule has 1 aromatic rings. The minimum atomic E-state index is -3.92. The lowest BCUT2D eigenvalue weighted by molar-refractivity contribution is 0.0686. The Balaban J connectivity index is 3.16. The molecule has 100 valence electrons. The number of carboxylic acids is 1. The molecule has 1 atom stereocenters. The average Bonchev–Trinajstić information content (AvgIpc) is 2.60. The maximum absolute atomic E-state index is 12.1. The van der Waals surface area contributed by atoms with Crippen LogP contribution in [0.2, 0.25) is 0 Å². The number of aryl methyl sites for hydroxylation is 1. The molecule has 0 radical (unpaired) electrons. The van der Waals surface area contributed by atoms with Gasteiger partial charge in [-0.15, -0.1) is 6.58 Å². The summed E-state index contributed by atoms with van der Waals surface area (Å²) in [4.78, 5) is 10.6. The summed E-state index contributed by atoms with van der Waals surface area (Å²) in [5.41, 5.74) is -0.323. The van der Waals surface area contributed by atoms with Crippen LogP contribution in [0.4, 0.5) is 0 Å². The molecule has 8 heteroatoms. The molecule has 7 nitrogen and oxygen atoms in total. The molecule has 0 aliphatic carbocycles. The van der Waals surface area contributed by atoms with Gasteiger partial charge in [0.05, 0.1) is 5.69 Å². The summed E-state index contributed by atoms with van der Waals surface area (Å²) < 4.78 is 26.5. The first kappa shape index (κ1) is 14.4. The van der Waals surface area contributed by atoms with E-state index in [1.807, 2.05) is 0 Å². The summed E-state index contributed by atoms with van der Waals surface area (Å²) in [6.07, 6.45) is 2.02. The van der Waals surface area contributed by atoms with Gasteiger partial charge in [-0.3, -0.25) is 5.10 Å². The van der Waals surface area contributed by atoms with Crippen LogP contribution in [-0.4, -0.2) is 35.7 Å². The van der Waals surface area contributed by atoms with E-state index in [1.54, 1.807) is 13.0 Å². The first-order valence-electron chi connectivity index (χ1n) is 5.21. The molecule has 0 bridgehead atoms. The highest BCUT2D eigenvalue weighted by molar-refractivity contribution is 7.89. The maximum Gasteiger partial charge on any atom is 0.357 e. The predicted molar refractivity (Wildman–Crippen MR) is 64.9 cm³/mol. The van der Waals surface area contributed by atoms with Gasteiger partial charge in [-0.1, -0.05) is 6.08 Å². The maximum atomic E-state index is 12.1. The lowest BCUT2D eigenvalue weighted by Gasteiger charge is -2.12. The second-order valence-corrected chi connectivity index (χ2v) is 5.53. The van der Waals surface area contributed by atoms with Crippen LogP contribution >= 0.6 is 0 Å². The quantitative estimate of drug-likeness (QED) is 0.659. The van der Waals surface area contributed by atoms with Gasteiger partial charge in [0.15, 0.2) is 5.69 Å². The molecule has 0 aromatic carbocycles. The molecular weight excluding hydrogens is 258 g/mol. The van der Waals surface area contributed by atoms with Crippen LogP contribution < -0.4 is 4.72 Å². The number of nitrogens with zero attached hydrogens (tertiary/aromatic N) is 1. The minimum Gasteiger partial charge on any atom is -0.476 e. The molecule has 0 aliphatic rings. The second-order valence-electron chi connectivity index (χ2n) is 3.88. The predicted octanol–water partition coefficient (Wildman–Crippen LogP) is 0.659. The highest BCUT2D eigenvalue weighted by atomic mass is 32.2. The number of nitrogens with one attached hydrogen (secondary N) is 2. The van der Waals surface area contributed by atoms with E-state index in [-0.39, 0.29) is 16.6 Å². The standard InChI is InChI=1S/C10H15N3O4S/c1-4-5-6(2)13-18(16,17)9-7(3)11-12-8(9)10(14)15/h4,6,13H,1,5H2,2-3H3,(H,11,12)(H,14,15). The Bertz CT molecular complexity index is 562. The van der Waals surface area contributed by atoms with Crippen LogP contribution in [0.3, 0.4) is 0 Å². The van der Waals surface area contributed by atoms with Gasteiger partial charge in [0.25, 0.3) is 0 Å². The van der Waals surface area contributed by atoms with Crippen molar-refractivity contribution in [2.45, 2.75) is 31.2 Å². The van der Waals surface area contributed by atoms with E-state index in [0.717, 1.165) is 0 Å². The van der Waals surface area contributed by atoms with Crippen LogP contribution in [0, 0.1) is 6.92 Å². The topological polar surface area (TPSA) is 112 Å². The molecule has 1 heterocycles. The van der Waals surface area contributed by atoms with Gasteiger partial charge in [-0.2, -0.15) is 5.10 Å². The minimum absolute atomic E-state index is 0.186. The van der Waals surface area contributed by atoms with Gasteiger partial charge in [0, 0.05) is 6.04 Å². The van der Waals surface area contributed by atoms with E-state index < -0.39 is 21.7 Å². The molecule has 0 amide bonds. The Morgan fingerprint density at radius 3 is 2.78 bits per heavy atom. The first-order chi connectivity index (χ1) is 8.29. The molecule has 0 spiro atoms. The average molecular weight is 273 g/mol. The van der Waals surface area contributed by atoms with Crippen molar-refractivity contribution in [2.75, 3.05) is 0 Å². The number of carboxylic acid groups (broad SMARTS) is 1. The molecule has 1 unspecified atom stereocenters. The lowest BCUT2D eigenvalue weighted by atomic mass is 10.3. The van der Waals surface area contributed by atoms with E-state index in [0.29, 0.717) is 6.42 Å². The summed E-state index contributed by atoms with van der Waals surface area (Å²) in [7, 11) is -3.92. The number of sulfonamides is 1. The van der Waals surface area contributed by atoms with Gasteiger partial charge < -0.3 is 5.11 Å². The SMILES string of the molecule is C=CCC(C)NS(=O)(=O)c1c(C(=O)O)n[nH]c1C. The highest BCUT2D eigenvalue weighted by Crippen LogP contribution is 2.18. The van der Waals surface area contributed by atoms with Crippen molar-refractivity contribution in [3.05, 3.63) is 24.0 Å². The van der Waals surface area contributed by atoms with E-state index in [9.17, 15) is 13.2 Å². The zero-order chi connectivity index (χ0) is 13.9. The largest absolute Gasteiger partial charge is 0.476 e. The molecule has 0 saturated heterocycles. The van der Waals surface area contributed by atoms with Crippen LogP contribution in [0.25, 0.3) is 0 Å². The smallest absolute Gasteiger partial charge is 0.357 e. The fraction of sp³-hybridized carbons (Fsp3) is 0.400. The summed E-state index contributed by atoms with van der Waals surface area (Å²) in [6, 6.07) is -0.372. The van der Waals surface area contributed by atoms with E-state index >= 15 is 0 Å². The van der Waals surface area contributed by atoms with Gasteiger partial charge in [0.1, 0.15) is 4.90 Å². The Morgan fingerprint density at radius 2 is 2.28 bits per heavy atom. The summed E-state index contributed by atoms with van der Waals surface area (Å²) in [5, 5.41) is 14.7. The van der Waals surface area contributed by atoms with Crippen molar-refractivity contribution in [3.8, 4) is 0 Å². The monoisotopic (exact) mass is 273 g/mol. The van der Waals surface area contributed by atoms with E-state index in [1.165, 1.54) is 6.92 Å². The fourth-order valence-corrected chi connectivity index (χ4v) is 3.09. The third-order valence-corrected chi connectivity index (χ3v) is 3.99. The third kappa shape index (κ3) is 2.96. The Labute approximate surface area is 105 Å². The normalized spacial score (nSPS) is 13.2. The van der Waals surface area contributed by atoms with Crippen LogP contribution in [0.5, 0.6) is 0 Å². The zero-order valence-corrected chi connectivity index (χ0v) is 10.9. The first-order valence-corrected chi connectivity index (χ1v) is 6.69. The van der Waals surface area contributed by atoms with Crippen LogP contribution in [0.15, 0.2) is 17.6 Å².